The highest BCUT2D eigenvalue weighted by Gasteiger charge is 2.11. The van der Waals surface area contributed by atoms with Crippen molar-refractivity contribution < 1.29 is 9.47 Å². The highest BCUT2D eigenvalue weighted by Crippen LogP contribution is 2.14. The van der Waals surface area contributed by atoms with E-state index in [1.807, 2.05) is 12.1 Å². The summed E-state index contributed by atoms with van der Waals surface area (Å²) in [4.78, 5) is 0. The van der Waals surface area contributed by atoms with Crippen LogP contribution in [-0.4, -0.2) is 19.8 Å². The molecule has 0 aliphatic rings. The molecule has 0 bridgehead atoms. The van der Waals surface area contributed by atoms with Gasteiger partial charge in [-0.25, -0.2) is 0 Å². The number of hydrogen-bond acceptors (Lipinski definition) is 2. The second-order valence-electron chi connectivity index (χ2n) is 4.04. The van der Waals surface area contributed by atoms with Crippen molar-refractivity contribution in [1.29, 1.82) is 0 Å². The van der Waals surface area contributed by atoms with Gasteiger partial charge in [0.2, 0.25) is 0 Å². The Balaban J connectivity index is 2.40. The van der Waals surface area contributed by atoms with E-state index in [-0.39, 0.29) is 6.10 Å². The molecular formula is C13H20O2. The van der Waals surface area contributed by atoms with Crippen LogP contribution in [0.25, 0.3) is 0 Å². The molecule has 0 saturated heterocycles. The van der Waals surface area contributed by atoms with Crippen LogP contribution in [0.3, 0.4) is 0 Å². The lowest BCUT2D eigenvalue weighted by Crippen LogP contribution is -2.22. The van der Waals surface area contributed by atoms with E-state index in [0.717, 1.165) is 5.75 Å². The Morgan fingerprint density at radius 3 is 2.27 bits per heavy atom. The predicted molar refractivity (Wildman–Crippen MR) is 62.3 cm³/mol. The third-order valence-electron chi connectivity index (χ3n) is 2.71. The zero-order chi connectivity index (χ0) is 11.3. The van der Waals surface area contributed by atoms with Gasteiger partial charge in [0.15, 0.2) is 0 Å². The van der Waals surface area contributed by atoms with Crippen molar-refractivity contribution in [2.45, 2.75) is 26.9 Å². The van der Waals surface area contributed by atoms with Crippen LogP contribution in [0.4, 0.5) is 0 Å². The first-order valence-corrected chi connectivity index (χ1v) is 5.35. The van der Waals surface area contributed by atoms with Crippen LogP contribution in [-0.2, 0) is 4.74 Å². The lowest BCUT2D eigenvalue weighted by atomic mass is 10.1. The van der Waals surface area contributed by atoms with Crippen LogP contribution < -0.4 is 4.74 Å². The van der Waals surface area contributed by atoms with Crippen molar-refractivity contribution >= 4 is 0 Å². The van der Waals surface area contributed by atoms with Crippen molar-refractivity contribution in [2.24, 2.45) is 5.92 Å². The van der Waals surface area contributed by atoms with Crippen molar-refractivity contribution in [3.63, 3.8) is 0 Å². The minimum Gasteiger partial charge on any atom is -0.493 e. The van der Waals surface area contributed by atoms with Gasteiger partial charge >= 0.3 is 0 Å². The topological polar surface area (TPSA) is 18.5 Å². The van der Waals surface area contributed by atoms with Gasteiger partial charge in [-0.05, 0) is 26.0 Å². The zero-order valence-corrected chi connectivity index (χ0v) is 9.99. The van der Waals surface area contributed by atoms with Gasteiger partial charge in [0.25, 0.3) is 0 Å². The van der Waals surface area contributed by atoms with Crippen molar-refractivity contribution in [2.75, 3.05) is 13.7 Å². The lowest BCUT2D eigenvalue weighted by Gasteiger charge is -2.18. The maximum absolute atomic E-state index is 5.67. The Morgan fingerprint density at radius 1 is 1.13 bits per heavy atom. The first-order valence-electron chi connectivity index (χ1n) is 5.35. The second kappa shape index (κ2) is 5.76. The smallest absolute Gasteiger partial charge is 0.119 e. The van der Waals surface area contributed by atoms with Crippen molar-refractivity contribution in [3.05, 3.63) is 29.8 Å². The molecule has 0 aliphatic heterocycles. The summed E-state index contributed by atoms with van der Waals surface area (Å²) in [6, 6.07) is 8.11. The van der Waals surface area contributed by atoms with E-state index in [2.05, 4.69) is 32.9 Å². The molecule has 84 valence electrons. The van der Waals surface area contributed by atoms with Crippen LogP contribution >= 0.6 is 0 Å². The summed E-state index contributed by atoms with van der Waals surface area (Å²) in [6.45, 7) is 6.95. The summed E-state index contributed by atoms with van der Waals surface area (Å²) in [5.74, 6) is 1.33. The molecule has 0 aliphatic carbocycles. The molecule has 2 heteroatoms. The number of hydrogen-bond donors (Lipinski definition) is 0. The Morgan fingerprint density at radius 2 is 1.73 bits per heavy atom. The maximum atomic E-state index is 5.67. The molecule has 0 fully saturated rings. The van der Waals surface area contributed by atoms with Crippen molar-refractivity contribution in [1.82, 2.24) is 0 Å². The Hall–Kier alpha value is -1.02. The molecule has 0 N–H and O–H groups in total. The fourth-order valence-corrected chi connectivity index (χ4v) is 1.23. The van der Waals surface area contributed by atoms with Gasteiger partial charge in [0.05, 0.1) is 12.7 Å². The molecule has 1 aromatic carbocycles. The van der Waals surface area contributed by atoms with Gasteiger partial charge in [-0.3, -0.25) is 0 Å². The number of ether oxygens (including phenoxy) is 2. The Labute approximate surface area is 92.2 Å². The largest absolute Gasteiger partial charge is 0.493 e. The summed E-state index contributed by atoms with van der Waals surface area (Å²) < 4.78 is 10.9. The van der Waals surface area contributed by atoms with E-state index in [1.165, 1.54) is 5.56 Å². The van der Waals surface area contributed by atoms with E-state index in [9.17, 15) is 0 Å². The van der Waals surface area contributed by atoms with Crippen LogP contribution in [0.1, 0.15) is 19.4 Å². The molecule has 0 aromatic heterocycles. The Kier molecular flexibility index (Phi) is 4.63. The molecular weight excluding hydrogens is 188 g/mol. The maximum Gasteiger partial charge on any atom is 0.119 e. The molecule has 2 unspecified atom stereocenters. The van der Waals surface area contributed by atoms with Gasteiger partial charge < -0.3 is 9.47 Å². The van der Waals surface area contributed by atoms with E-state index in [4.69, 9.17) is 9.47 Å². The SMILES string of the molecule is COC(C)C(C)COc1ccc(C)cc1. The summed E-state index contributed by atoms with van der Waals surface area (Å²) >= 11 is 0. The highest BCUT2D eigenvalue weighted by atomic mass is 16.5. The summed E-state index contributed by atoms with van der Waals surface area (Å²) in [6.07, 6.45) is 0.232. The fraction of sp³-hybridized carbons (Fsp3) is 0.538. The van der Waals surface area contributed by atoms with E-state index >= 15 is 0 Å². The quantitative estimate of drug-likeness (QED) is 0.740. The molecule has 0 spiro atoms. The second-order valence-corrected chi connectivity index (χ2v) is 4.04. The third-order valence-corrected chi connectivity index (χ3v) is 2.71. The van der Waals surface area contributed by atoms with Crippen LogP contribution in [0.15, 0.2) is 24.3 Å². The van der Waals surface area contributed by atoms with Gasteiger partial charge in [-0.15, -0.1) is 0 Å². The van der Waals surface area contributed by atoms with Crippen molar-refractivity contribution in [3.8, 4) is 5.75 Å². The predicted octanol–water partition coefficient (Wildman–Crippen LogP) is 3.04. The van der Waals surface area contributed by atoms with Crippen LogP contribution in [0, 0.1) is 12.8 Å². The van der Waals surface area contributed by atoms with Gasteiger partial charge in [0, 0.05) is 13.0 Å². The van der Waals surface area contributed by atoms with Crippen LogP contribution in [0.5, 0.6) is 5.75 Å². The van der Waals surface area contributed by atoms with Crippen LogP contribution in [0.2, 0.25) is 0 Å². The molecule has 0 heterocycles. The average Bonchev–Trinajstić information content (AvgIpc) is 2.26. The summed E-state index contributed by atoms with van der Waals surface area (Å²) in [5.41, 5.74) is 1.25. The first-order chi connectivity index (χ1) is 7.13. The number of rotatable bonds is 5. The standard InChI is InChI=1S/C13H20O2/c1-10-5-7-13(8-6-10)15-9-11(2)12(3)14-4/h5-8,11-12H,9H2,1-4H3. The van der Waals surface area contributed by atoms with E-state index < -0.39 is 0 Å². The summed E-state index contributed by atoms with van der Waals surface area (Å²) in [7, 11) is 1.73. The molecule has 2 atom stereocenters. The highest BCUT2D eigenvalue weighted by molar-refractivity contribution is 5.26. The molecule has 15 heavy (non-hydrogen) atoms. The monoisotopic (exact) mass is 208 g/mol. The molecule has 0 radical (unpaired) electrons. The fourth-order valence-electron chi connectivity index (χ4n) is 1.23. The number of methoxy groups -OCH3 is 1. The lowest BCUT2D eigenvalue weighted by molar-refractivity contribution is 0.0523. The molecule has 0 saturated carbocycles. The van der Waals surface area contributed by atoms with Gasteiger partial charge in [0.1, 0.15) is 5.75 Å². The number of aryl methyl sites for hydroxylation is 1. The minimum atomic E-state index is 0.232. The summed E-state index contributed by atoms with van der Waals surface area (Å²) in [5, 5.41) is 0. The normalized spacial score (nSPS) is 14.7. The average molecular weight is 208 g/mol. The zero-order valence-electron chi connectivity index (χ0n) is 9.99. The first kappa shape index (κ1) is 12.1. The molecule has 1 rings (SSSR count). The minimum absolute atomic E-state index is 0.232. The van der Waals surface area contributed by atoms with Gasteiger partial charge in [-0.1, -0.05) is 24.6 Å². The molecule has 2 nitrogen and oxygen atoms in total. The Bertz CT molecular complexity index is 279. The molecule has 1 aromatic rings. The van der Waals surface area contributed by atoms with Gasteiger partial charge in [-0.2, -0.15) is 0 Å². The van der Waals surface area contributed by atoms with E-state index in [0.29, 0.717) is 12.5 Å². The molecule has 0 amide bonds. The van der Waals surface area contributed by atoms with E-state index in [1.54, 1.807) is 7.11 Å². The number of benzene rings is 1. The third kappa shape index (κ3) is 3.92.